The Balaban J connectivity index is 1.25. The minimum Gasteiger partial charge on any atom is -0.439 e. The van der Waals surface area contributed by atoms with Crippen LogP contribution in [0.2, 0.25) is 0 Å². The van der Waals surface area contributed by atoms with Gasteiger partial charge in [-0.3, -0.25) is 4.79 Å². The molecule has 2 aromatic carbocycles. The van der Waals surface area contributed by atoms with E-state index < -0.39 is 10.0 Å². The number of amides is 1. The summed E-state index contributed by atoms with van der Waals surface area (Å²) in [7, 11) is -3.43. The number of pyridine rings is 1. The van der Waals surface area contributed by atoms with Gasteiger partial charge in [0, 0.05) is 35.8 Å². The van der Waals surface area contributed by atoms with Crippen LogP contribution in [0.5, 0.6) is 11.6 Å². The zero-order chi connectivity index (χ0) is 23.0. The second kappa shape index (κ2) is 8.49. The molecule has 2 aliphatic heterocycles. The average molecular weight is 485 g/mol. The summed E-state index contributed by atoms with van der Waals surface area (Å²) < 4.78 is 46.0. The van der Waals surface area contributed by atoms with Gasteiger partial charge in [0.15, 0.2) is 5.17 Å². The highest BCUT2D eigenvalue weighted by Gasteiger charge is 2.33. The zero-order valence-corrected chi connectivity index (χ0v) is 18.7. The van der Waals surface area contributed by atoms with E-state index in [-0.39, 0.29) is 24.0 Å². The molecular formula is C22H17FN4O4S2. The Morgan fingerprint density at radius 2 is 1.97 bits per heavy atom. The Kier molecular flexibility index (Phi) is 5.51. The first-order valence-corrected chi connectivity index (χ1v) is 12.4. The lowest BCUT2D eigenvalue weighted by Crippen LogP contribution is -2.35. The van der Waals surface area contributed by atoms with Crippen molar-refractivity contribution in [1.82, 2.24) is 10.3 Å². The van der Waals surface area contributed by atoms with Crippen molar-refractivity contribution in [2.24, 2.45) is 4.40 Å². The number of benzene rings is 2. The van der Waals surface area contributed by atoms with Crippen molar-refractivity contribution < 1.29 is 22.3 Å². The first kappa shape index (κ1) is 21.4. The van der Waals surface area contributed by atoms with E-state index in [1.165, 1.54) is 36.0 Å². The number of hydrogen-bond donors (Lipinski definition) is 1. The summed E-state index contributed by atoms with van der Waals surface area (Å²) >= 11 is 1.24. The van der Waals surface area contributed by atoms with Gasteiger partial charge in [0.1, 0.15) is 11.6 Å². The average Bonchev–Trinajstić information content (AvgIpc) is 3.14. The molecule has 168 valence electrons. The third-order valence-corrected chi connectivity index (χ3v) is 7.33. The fraction of sp³-hybridized carbons (Fsp3) is 0.136. The van der Waals surface area contributed by atoms with Crippen LogP contribution >= 0.6 is 11.8 Å². The molecule has 33 heavy (non-hydrogen) atoms. The molecule has 1 amide bonds. The quantitative estimate of drug-likeness (QED) is 0.591. The summed E-state index contributed by atoms with van der Waals surface area (Å²) in [6, 6.07) is 14.3. The molecule has 0 radical (unpaired) electrons. The van der Waals surface area contributed by atoms with E-state index in [1.54, 1.807) is 36.5 Å². The van der Waals surface area contributed by atoms with E-state index in [0.717, 1.165) is 16.1 Å². The van der Waals surface area contributed by atoms with Crippen LogP contribution in [0, 0.1) is 5.82 Å². The van der Waals surface area contributed by atoms with Crippen molar-refractivity contribution in [1.29, 1.82) is 0 Å². The smallest absolute Gasteiger partial charge is 0.257 e. The van der Waals surface area contributed by atoms with E-state index in [1.807, 2.05) is 4.90 Å². The third kappa shape index (κ3) is 4.69. The highest BCUT2D eigenvalue weighted by atomic mass is 32.2. The van der Waals surface area contributed by atoms with Crippen molar-refractivity contribution in [3.8, 4) is 11.6 Å². The number of amidine groups is 1. The Labute approximate surface area is 193 Å². The highest BCUT2D eigenvalue weighted by Crippen LogP contribution is 2.42. The molecule has 1 aromatic heterocycles. The topological polar surface area (TPSA) is 101 Å². The maximum atomic E-state index is 13.0. The molecule has 0 fully saturated rings. The Bertz CT molecular complexity index is 1380. The molecule has 11 heteroatoms. The molecule has 5 rings (SSSR count). The summed E-state index contributed by atoms with van der Waals surface area (Å²) in [5.74, 6) is 0.128. The maximum Gasteiger partial charge on any atom is 0.257 e. The molecule has 3 aromatic rings. The van der Waals surface area contributed by atoms with Crippen LogP contribution < -0.4 is 15.0 Å². The summed E-state index contributed by atoms with van der Waals surface area (Å²) in [5.41, 5.74) is 2.09. The second-order valence-corrected chi connectivity index (χ2v) is 10.1. The van der Waals surface area contributed by atoms with Gasteiger partial charge in [-0.2, -0.15) is 0 Å². The molecule has 8 nitrogen and oxygen atoms in total. The number of fused-ring (bicyclic) bond motifs is 3. The lowest BCUT2D eigenvalue weighted by Gasteiger charge is -2.22. The molecule has 0 bridgehead atoms. The summed E-state index contributed by atoms with van der Waals surface area (Å²) in [6.07, 6.45) is 1.57. The number of sulfonamides is 1. The number of aromatic nitrogens is 1. The third-order valence-electron chi connectivity index (χ3n) is 5.02. The van der Waals surface area contributed by atoms with Crippen LogP contribution in [0.3, 0.4) is 0 Å². The van der Waals surface area contributed by atoms with E-state index in [0.29, 0.717) is 28.9 Å². The number of nitrogens with zero attached hydrogens (tertiary/aromatic N) is 3. The van der Waals surface area contributed by atoms with Crippen LogP contribution in [-0.4, -0.2) is 36.8 Å². The van der Waals surface area contributed by atoms with Crippen molar-refractivity contribution in [2.75, 3.05) is 17.2 Å². The number of rotatable bonds is 5. The predicted molar refractivity (Wildman–Crippen MR) is 123 cm³/mol. The molecule has 0 unspecified atom stereocenters. The maximum absolute atomic E-state index is 13.0. The number of hydrogen-bond acceptors (Lipinski definition) is 7. The fourth-order valence-electron chi connectivity index (χ4n) is 3.40. The van der Waals surface area contributed by atoms with E-state index >= 15 is 0 Å². The number of carbonyl (C=O) groups excluding carboxylic acids is 1. The molecule has 2 aliphatic rings. The number of carbonyl (C=O) groups is 1. The van der Waals surface area contributed by atoms with Crippen LogP contribution in [0.15, 0.2) is 70.1 Å². The molecule has 0 saturated carbocycles. The monoisotopic (exact) mass is 484 g/mol. The number of thioether (sulfide) groups is 1. The predicted octanol–water partition coefficient (Wildman–Crippen LogP) is 3.55. The number of halogens is 1. The van der Waals surface area contributed by atoms with Gasteiger partial charge in [0.25, 0.3) is 15.9 Å². The number of anilines is 1. The lowest BCUT2D eigenvalue weighted by atomic mass is 10.1. The van der Waals surface area contributed by atoms with Gasteiger partial charge in [-0.15, -0.1) is 4.40 Å². The summed E-state index contributed by atoms with van der Waals surface area (Å²) in [5, 5.41) is 3.28. The minimum atomic E-state index is -3.43. The molecule has 1 N–H and O–H groups in total. The van der Waals surface area contributed by atoms with Crippen LogP contribution in [-0.2, 0) is 16.6 Å². The van der Waals surface area contributed by atoms with Crippen molar-refractivity contribution >= 4 is 38.5 Å². The highest BCUT2D eigenvalue weighted by molar-refractivity contribution is 8.15. The van der Waals surface area contributed by atoms with Crippen molar-refractivity contribution in [3.63, 3.8) is 0 Å². The van der Waals surface area contributed by atoms with Gasteiger partial charge in [-0.1, -0.05) is 0 Å². The first-order chi connectivity index (χ1) is 15.9. The van der Waals surface area contributed by atoms with E-state index in [9.17, 15) is 17.6 Å². The van der Waals surface area contributed by atoms with Crippen molar-refractivity contribution in [2.45, 2.75) is 11.4 Å². The van der Waals surface area contributed by atoms with Crippen LogP contribution in [0.1, 0.15) is 15.9 Å². The Hall–Kier alpha value is -3.44. The second-order valence-electron chi connectivity index (χ2n) is 7.34. The number of ether oxygens (including phenoxy) is 1. The van der Waals surface area contributed by atoms with Gasteiger partial charge >= 0.3 is 0 Å². The molecule has 0 spiro atoms. The zero-order valence-electron chi connectivity index (χ0n) is 17.1. The van der Waals surface area contributed by atoms with Crippen LogP contribution in [0.4, 0.5) is 10.1 Å². The molecule has 0 aliphatic carbocycles. The van der Waals surface area contributed by atoms with Gasteiger partial charge in [-0.05, 0) is 65.9 Å². The first-order valence-electron chi connectivity index (χ1n) is 9.95. The van der Waals surface area contributed by atoms with E-state index in [2.05, 4.69) is 14.7 Å². The lowest BCUT2D eigenvalue weighted by molar-refractivity contribution is 0.0950. The Morgan fingerprint density at radius 3 is 2.79 bits per heavy atom. The van der Waals surface area contributed by atoms with Gasteiger partial charge in [0.05, 0.1) is 11.4 Å². The van der Waals surface area contributed by atoms with E-state index in [4.69, 9.17) is 4.74 Å². The van der Waals surface area contributed by atoms with Crippen LogP contribution in [0.25, 0.3) is 0 Å². The standard InChI is InChI=1S/C22H17FN4O4S2/c23-16-2-4-17(5-3-16)31-20-11-14(7-8-24-20)13-25-21(28)15-1-6-18-19(12-15)32-22-26-33(29,30)10-9-27(18)22/h1-8,11-12H,9-10,13H2,(H,25,28). The summed E-state index contributed by atoms with van der Waals surface area (Å²) in [4.78, 5) is 19.5. The molecule has 0 atom stereocenters. The van der Waals surface area contributed by atoms with Gasteiger partial charge in [-0.25, -0.2) is 17.8 Å². The number of nitrogens with one attached hydrogen (secondary N) is 1. The van der Waals surface area contributed by atoms with Gasteiger partial charge < -0.3 is 15.0 Å². The van der Waals surface area contributed by atoms with Crippen molar-refractivity contribution in [3.05, 3.63) is 77.7 Å². The molecule has 0 saturated heterocycles. The molecule has 3 heterocycles. The SMILES string of the molecule is O=C(NCc1ccnc(Oc2ccc(F)cc2)c1)c1ccc2c(c1)SC1=NS(=O)(=O)CCN12. The summed E-state index contributed by atoms with van der Waals surface area (Å²) in [6.45, 7) is 0.597. The normalized spacial score (nSPS) is 15.9. The minimum absolute atomic E-state index is 0.0302. The molecular weight excluding hydrogens is 467 g/mol. The van der Waals surface area contributed by atoms with Gasteiger partial charge in [0.2, 0.25) is 5.88 Å². The fourth-order valence-corrected chi connectivity index (χ4v) is 5.69. The largest absolute Gasteiger partial charge is 0.439 e. The Morgan fingerprint density at radius 1 is 1.15 bits per heavy atom.